The van der Waals surface area contributed by atoms with E-state index in [4.69, 9.17) is 9.47 Å². The number of nitrogens with zero attached hydrogens (tertiary/aromatic N) is 4. The second kappa shape index (κ2) is 7.77. The highest BCUT2D eigenvalue weighted by Crippen LogP contribution is 2.40. The molecule has 3 aromatic rings. The van der Waals surface area contributed by atoms with Gasteiger partial charge in [0.1, 0.15) is 36.7 Å². The van der Waals surface area contributed by atoms with E-state index in [0.29, 0.717) is 65.4 Å². The first kappa shape index (κ1) is 19.7. The summed E-state index contributed by atoms with van der Waals surface area (Å²) >= 11 is 0. The number of benzene rings is 1. The van der Waals surface area contributed by atoms with Crippen LogP contribution >= 0.6 is 0 Å². The predicted molar refractivity (Wildman–Crippen MR) is 113 cm³/mol. The monoisotopic (exact) mass is 438 g/mol. The highest BCUT2D eigenvalue weighted by molar-refractivity contribution is 5.94. The summed E-state index contributed by atoms with van der Waals surface area (Å²) in [7, 11) is 1.73. The Kier molecular flexibility index (Phi) is 4.78. The van der Waals surface area contributed by atoms with Crippen LogP contribution in [0.5, 0.6) is 11.5 Å². The van der Waals surface area contributed by atoms with Gasteiger partial charge in [0.25, 0.3) is 0 Å². The lowest BCUT2D eigenvalue weighted by atomic mass is 10.1. The van der Waals surface area contributed by atoms with Gasteiger partial charge in [-0.3, -0.25) is 0 Å². The van der Waals surface area contributed by atoms with Crippen molar-refractivity contribution in [3.63, 3.8) is 0 Å². The van der Waals surface area contributed by atoms with Crippen LogP contribution in [0.1, 0.15) is 12.0 Å². The lowest BCUT2D eigenvalue weighted by Crippen LogP contribution is -2.31. The van der Waals surface area contributed by atoms with E-state index >= 15 is 0 Å². The molecule has 0 saturated heterocycles. The lowest BCUT2D eigenvalue weighted by Gasteiger charge is -2.22. The molecule has 11 nitrogen and oxygen atoms in total. The van der Waals surface area contributed by atoms with Gasteiger partial charge in [-0.15, -0.1) is 0 Å². The van der Waals surface area contributed by atoms with Crippen LogP contribution in [0.2, 0.25) is 0 Å². The molecule has 3 heterocycles. The summed E-state index contributed by atoms with van der Waals surface area (Å²) in [6.45, 7) is 0.778. The average molecular weight is 438 g/mol. The Morgan fingerprint density at radius 2 is 2.09 bits per heavy atom. The largest absolute Gasteiger partial charge is 0.486 e. The van der Waals surface area contributed by atoms with E-state index in [-0.39, 0.29) is 0 Å². The van der Waals surface area contributed by atoms with Crippen LogP contribution < -0.4 is 30.7 Å². The van der Waals surface area contributed by atoms with Gasteiger partial charge in [-0.1, -0.05) is 0 Å². The van der Waals surface area contributed by atoms with Gasteiger partial charge >= 0.3 is 6.03 Å². The van der Waals surface area contributed by atoms with Gasteiger partial charge in [-0.05, 0) is 6.07 Å². The molecular formula is C20H19FN8O3. The molecule has 164 valence electrons. The normalized spacial score (nSPS) is 18.5. The molecule has 1 saturated carbocycles. The number of alkyl halides is 1. The minimum Gasteiger partial charge on any atom is -0.486 e. The average Bonchev–Trinajstić information content (AvgIpc) is 3.34. The minimum absolute atomic E-state index is 0.316. The second-order valence-corrected chi connectivity index (χ2v) is 7.31. The SMILES string of the molecule is CNc1cc(Nc2cc(C#N)cc3c2OCCO3)nc2c(NC(=O)N[C@@H]3C[C@@H]3F)cnn12. The first-order valence-corrected chi connectivity index (χ1v) is 9.94. The molecule has 1 aliphatic carbocycles. The van der Waals surface area contributed by atoms with E-state index in [1.807, 2.05) is 0 Å². The van der Waals surface area contributed by atoms with Gasteiger partial charge in [-0.2, -0.15) is 14.9 Å². The van der Waals surface area contributed by atoms with Crippen molar-refractivity contribution in [3.8, 4) is 17.6 Å². The van der Waals surface area contributed by atoms with Gasteiger partial charge in [-0.25, -0.2) is 14.2 Å². The highest BCUT2D eigenvalue weighted by atomic mass is 19.1. The van der Waals surface area contributed by atoms with Crippen molar-refractivity contribution in [1.82, 2.24) is 19.9 Å². The molecule has 32 heavy (non-hydrogen) atoms. The molecule has 1 aromatic carbocycles. The summed E-state index contributed by atoms with van der Waals surface area (Å²) in [5.74, 6) is 1.98. The van der Waals surface area contributed by atoms with Crippen LogP contribution in [0, 0.1) is 11.3 Å². The van der Waals surface area contributed by atoms with E-state index in [0.717, 1.165) is 0 Å². The zero-order valence-corrected chi connectivity index (χ0v) is 17.0. The van der Waals surface area contributed by atoms with Crippen LogP contribution in [-0.2, 0) is 0 Å². The smallest absolute Gasteiger partial charge is 0.319 e. The fraction of sp³-hybridized carbons (Fsp3) is 0.300. The number of nitrogens with one attached hydrogen (secondary N) is 4. The molecule has 0 bridgehead atoms. The third kappa shape index (κ3) is 3.64. The number of anilines is 4. The number of urea groups is 1. The molecule has 0 radical (unpaired) electrons. The summed E-state index contributed by atoms with van der Waals surface area (Å²) < 4.78 is 25.9. The Balaban J connectivity index is 1.48. The lowest BCUT2D eigenvalue weighted by molar-refractivity contribution is 0.172. The fourth-order valence-corrected chi connectivity index (χ4v) is 3.38. The number of rotatable bonds is 5. The first-order chi connectivity index (χ1) is 15.6. The van der Waals surface area contributed by atoms with Crippen LogP contribution in [-0.4, -0.2) is 53.1 Å². The number of halogens is 1. The van der Waals surface area contributed by atoms with Crippen molar-refractivity contribution in [3.05, 3.63) is 30.0 Å². The molecule has 4 N–H and O–H groups in total. The molecule has 1 aliphatic heterocycles. The number of ether oxygens (including phenoxy) is 2. The fourth-order valence-electron chi connectivity index (χ4n) is 3.38. The van der Waals surface area contributed by atoms with E-state index < -0.39 is 18.2 Å². The number of carbonyl (C=O) groups is 1. The molecule has 2 aromatic heterocycles. The number of amides is 2. The molecule has 2 atom stereocenters. The molecule has 0 spiro atoms. The van der Waals surface area contributed by atoms with E-state index in [9.17, 15) is 14.4 Å². The summed E-state index contributed by atoms with van der Waals surface area (Å²) in [6, 6.07) is 6.09. The Bertz CT molecular complexity index is 1250. The zero-order chi connectivity index (χ0) is 22.2. The number of hydrogen-bond donors (Lipinski definition) is 4. The van der Waals surface area contributed by atoms with Gasteiger partial charge in [0.15, 0.2) is 17.1 Å². The maximum atomic E-state index is 13.1. The van der Waals surface area contributed by atoms with Gasteiger partial charge in [0.05, 0.1) is 29.6 Å². The number of nitriles is 1. The summed E-state index contributed by atoms with van der Waals surface area (Å²) in [5, 5.41) is 25.0. The molecule has 2 aliphatic rings. The Labute approximate surface area is 181 Å². The number of hydrogen-bond acceptors (Lipinski definition) is 8. The summed E-state index contributed by atoms with van der Waals surface area (Å²) in [5.41, 5.74) is 1.64. The maximum absolute atomic E-state index is 13.1. The third-order valence-electron chi connectivity index (χ3n) is 5.04. The topological polar surface area (TPSA) is 138 Å². The van der Waals surface area contributed by atoms with E-state index in [1.54, 1.807) is 25.2 Å². The highest BCUT2D eigenvalue weighted by Gasteiger charge is 2.38. The van der Waals surface area contributed by atoms with Crippen molar-refractivity contribution in [2.24, 2.45) is 0 Å². The molecular weight excluding hydrogens is 419 g/mol. The predicted octanol–water partition coefficient (Wildman–Crippen LogP) is 2.39. The minimum atomic E-state index is -1.00. The number of fused-ring (bicyclic) bond motifs is 2. The van der Waals surface area contributed by atoms with Gasteiger partial charge < -0.3 is 30.7 Å². The van der Waals surface area contributed by atoms with Crippen LogP contribution in [0.3, 0.4) is 0 Å². The van der Waals surface area contributed by atoms with Crippen molar-refractivity contribution in [2.75, 3.05) is 36.2 Å². The van der Waals surface area contributed by atoms with Crippen LogP contribution in [0.4, 0.5) is 32.2 Å². The van der Waals surface area contributed by atoms with Crippen LogP contribution in [0.15, 0.2) is 24.4 Å². The van der Waals surface area contributed by atoms with Crippen molar-refractivity contribution in [1.29, 1.82) is 5.26 Å². The van der Waals surface area contributed by atoms with Crippen molar-refractivity contribution >= 4 is 34.7 Å². The molecule has 5 rings (SSSR count). The molecule has 2 amide bonds. The van der Waals surface area contributed by atoms with E-state index in [2.05, 4.69) is 37.4 Å². The Hall–Kier alpha value is -4.27. The Morgan fingerprint density at radius 3 is 2.84 bits per heavy atom. The standard InChI is InChI=1S/C20H19FN8O3/c1-23-17-7-16(25-13-4-10(8-22)5-15-18(13)32-3-2-31-15)28-19-14(9-24-29(17)19)27-20(30)26-12-6-11(12)21/h4-5,7,9,11-12,23H,2-3,6H2,1H3,(H,25,28)(H2,26,27,30)/t11-,12+/m0/s1. The molecule has 0 unspecified atom stereocenters. The third-order valence-corrected chi connectivity index (χ3v) is 5.04. The van der Waals surface area contributed by atoms with Crippen molar-refractivity contribution < 1.29 is 18.7 Å². The molecule has 12 heteroatoms. The second-order valence-electron chi connectivity index (χ2n) is 7.31. The maximum Gasteiger partial charge on any atom is 0.319 e. The molecule has 1 fully saturated rings. The number of aromatic nitrogens is 3. The van der Waals surface area contributed by atoms with Crippen molar-refractivity contribution in [2.45, 2.75) is 18.6 Å². The van der Waals surface area contributed by atoms with E-state index in [1.165, 1.54) is 10.7 Å². The van der Waals surface area contributed by atoms with Crippen LogP contribution in [0.25, 0.3) is 5.65 Å². The first-order valence-electron chi connectivity index (χ1n) is 9.94. The quantitative estimate of drug-likeness (QED) is 0.477. The summed E-state index contributed by atoms with van der Waals surface area (Å²) in [4.78, 5) is 16.7. The zero-order valence-electron chi connectivity index (χ0n) is 17.0. The van der Waals surface area contributed by atoms with Gasteiger partial charge in [0, 0.05) is 25.6 Å². The Morgan fingerprint density at radius 1 is 1.28 bits per heavy atom. The number of carbonyl (C=O) groups excluding carboxylic acids is 1. The van der Waals surface area contributed by atoms with Gasteiger partial charge in [0.2, 0.25) is 0 Å². The summed E-state index contributed by atoms with van der Waals surface area (Å²) in [6.07, 6.45) is 0.772.